The fraction of sp³-hybridized carbons (Fsp3) is 0.267. The van der Waals surface area contributed by atoms with Gasteiger partial charge in [-0.05, 0) is 32.0 Å². The maximum absolute atomic E-state index is 11.9. The number of nitrogens with one attached hydrogen (secondary N) is 1. The number of methoxy groups -OCH3 is 1. The van der Waals surface area contributed by atoms with Crippen molar-refractivity contribution < 1.29 is 13.9 Å². The maximum Gasteiger partial charge on any atom is 0.287 e. The van der Waals surface area contributed by atoms with Gasteiger partial charge in [0.05, 0.1) is 19.4 Å². The number of amides is 1. The summed E-state index contributed by atoms with van der Waals surface area (Å²) < 4.78 is 10.4. The van der Waals surface area contributed by atoms with E-state index in [0.717, 1.165) is 16.9 Å². The third-order valence-electron chi connectivity index (χ3n) is 2.94. The number of hydrogen-bond acceptors (Lipinski definition) is 3. The molecule has 0 spiro atoms. The van der Waals surface area contributed by atoms with E-state index in [2.05, 4.69) is 5.32 Å². The maximum atomic E-state index is 11.9. The largest absolute Gasteiger partial charge is 0.496 e. The molecule has 0 aliphatic heterocycles. The van der Waals surface area contributed by atoms with Crippen molar-refractivity contribution in [2.45, 2.75) is 19.9 Å². The Hall–Kier alpha value is -2.23. The van der Waals surface area contributed by atoms with Crippen molar-refractivity contribution in [3.8, 4) is 5.75 Å². The van der Waals surface area contributed by atoms with Gasteiger partial charge in [0.1, 0.15) is 5.75 Å². The first-order chi connectivity index (χ1) is 9.11. The molecule has 0 saturated carbocycles. The molecule has 0 aliphatic rings. The normalized spacial score (nSPS) is 11.9. The molecule has 1 N–H and O–H groups in total. The summed E-state index contributed by atoms with van der Waals surface area (Å²) >= 11 is 0. The van der Waals surface area contributed by atoms with Crippen molar-refractivity contribution >= 4 is 5.91 Å². The molecule has 0 fully saturated rings. The van der Waals surface area contributed by atoms with E-state index in [4.69, 9.17) is 9.15 Å². The van der Waals surface area contributed by atoms with Crippen molar-refractivity contribution in [2.75, 3.05) is 7.11 Å². The molecule has 0 unspecified atom stereocenters. The average molecular weight is 259 g/mol. The fourth-order valence-electron chi connectivity index (χ4n) is 1.95. The highest BCUT2D eigenvalue weighted by Gasteiger charge is 2.16. The molecule has 0 aliphatic carbocycles. The first-order valence-electron chi connectivity index (χ1n) is 6.10. The van der Waals surface area contributed by atoms with E-state index in [1.807, 2.05) is 32.0 Å². The smallest absolute Gasteiger partial charge is 0.287 e. The highest BCUT2D eigenvalue weighted by atomic mass is 16.5. The van der Waals surface area contributed by atoms with Crippen molar-refractivity contribution in [1.82, 2.24) is 5.32 Å². The van der Waals surface area contributed by atoms with Crippen LogP contribution >= 0.6 is 0 Å². The van der Waals surface area contributed by atoms with Gasteiger partial charge < -0.3 is 14.5 Å². The lowest BCUT2D eigenvalue weighted by Gasteiger charge is -2.17. The molecular formula is C15H17NO3. The van der Waals surface area contributed by atoms with Crippen LogP contribution in [0.4, 0.5) is 0 Å². The summed E-state index contributed by atoms with van der Waals surface area (Å²) in [5.41, 5.74) is 2.07. The quantitative estimate of drug-likeness (QED) is 0.918. The third-order valence-corrected chi connectivity index (χ3v) is 2.94. The Bertz CT molecular complexity index is 561. The Kier molecular flexibility index (Phi) is 3.90. The molecule has 2 rings (SSSR count). The monoisotopic (exact) mass is 259 g/mol. The van der Waals surface area contributed by atoms with Gasteiger partial charge >= 0.3 is 0 Å². The lowest BCUT2D eigenvalue weighted by Crippen LogP contribution is -2.26. The van der Waals surface area contributed by atoms with Crippen LogP contribution in [0.3, 0.4) is 0 Å². The number of carbonyl (C=O) groups excluding carboxylic acids is 1. The van der Waals surface area contributed by atoms with Gasteiger partial charge in [-0.2, -0.15) is 0 Å². The van der Waals surface area contributed by atoms with Gasteiger partial charge in [0.15, 0.2) is 5.76 Å². The second kappa shape index (κ2) is 5.61. The lowest BCUT2D eigenvalue weighted by atomic mass is 10.0. The highest BCUT2D eigenvalue weighted by Crippen LogP contribution is 2.26. The van der Waals surface area contributed by atoms with Gasteiger partial charge in [0.25, 0.3) is 5.91 Å². The standard InChI is InChI=1S/C15H17NO3/c1-10-6-7-13(18-3)12(9-10)11(2)16-15(17)14-5-4-8-19-14/h4-9,11H,1-3H3,(H,16,17)/t11-/m0/s1. The summed E-state index contributed by atoms with van der Waals surface area (Å²) in [5.74, 6) is 0.831. The molecule has 1 amide bonds. The number of aryl methyl sites for hydroxylation is 1. The minimum absolute atomic E-state index is 0.160. The second-order valence-corrected chi connectivity index (χ2v) is 4.42. The first-order valence-corrected chi connectivity index (χ1v) is 6.10. The summed E-state index contributed by atoms with van der Waals surface area (Å²) in [6.45, 7) is 3.92. The molecule has 100 valence electrons. The van der Waals surface area contributed by atoms with E-state index < -0.39 is 0 Å². The SMILES string of the molecule is COc1ccc(C)cc1[C@H](C)NC(=O)c1ccco1. The number of ether oxygens (including phenoxy) is 1. The Morgan fingerprint density at radius 2 is 2.16 bits per heavy atom. The molecular weight excluding hydrogens is 242 g/mol. The van der Waals surface area contributed by atoms with Crippen LogP contribution in [0.2, 0.25) is 0 Å². The average Bonchev–Trinajstić information content (AvgIpc) is 2.92. The van der Waals surface area contributed by atoms with Gasteiger partial charge in [0.2, 0.25) is 0 Å². The Balaban J connectivity index is 2.18. The van der Waals surface area contributed by atoms with Crippen LogP contribution in [0.15, 0.2) is 41.0 Å². The summed E-state index contributed by atoms with van der Waals surface area (Å²) in [6, 6.07) is 9.05. The van der Waals surface area contributed by atoms with Crippen LogP contribution in [0.1, 0.15) is 34.6 Å². The number of hydrogen-bond donors (Lipinski definition) is 1. The molecule has 1 aromatic heterocycles. The molecule has 1 heterocycles. The Labute approximate surface area is 112 Å². The summed E-state index contributed by atoms with van der Waals surface area (Å²) in [6.07, 6.45) is 1.48. The van der Waals surface area contributed by atoms with Crippen molar-refractivity contribution in [3.05, 3.63) is 53.5 Å². The van der Waals surface area contributed by atoms with Gasteiger partial charge in [-0.25, -0.2) is 0 Å². The van der Waals surface area contributed by atoms with Gasteiger partial charge in [-0.1, -0.05) is 17.7 Å². The number of carbonyl (C=O) groups is 1. The van der Waals surface area contributed by atoms with E-state index >= 15 is 0 Å². The zero-order valence-electron chi connectivity index (χ0n) is 11.3. The number of rotatable bonds is 4. The van der Waals surface area contributed by atoms with Gasteiger partial charge in [-0.3, -0.25) is 4.79 Å². The summed E-state index contributed by atoms with van der Waals surface area (Å²) in [5, 5.41) is 2.89. The van der Waals surface area contributed by atoms with E-state index in [9.17, 15) is 4.79 Å². The van der Waals surface area contributed by atoms with Crippen molar-refractivity contribution in [2.24, 2.45) is 0 Å². The van der Waals surface area contributed by atoms with Crippen LogP contribution in [0.5, 0.6) is 5.75 Å². The molecule has 4 nitrogen and oxygen atoms in total. The van der Waals surface area contributed by atoms with Crippen LogP contribution in [0.25, 0.3) is 0 Å². The lowest BCUT2D eigenvalue weighted by molar-refractivity contribution is 0.0911. The second-order valence-electron chi connectivity index (χ2n) is 4.42. The molecule has 0 bridgehead atoms. The molecule has 19 heavy (non-hydrogen) atoms. The third kappa shape index (κ3) is 2.96. The molecule has 0 saturated heterocycles. The van der Waals surface area contributed by atoms with Crippen molar-refractivity contribution in [1.29, 1.82) is 0 Å². The molecule has 1 aromatic carbocycles. The first kappa shape index (κ1) is 13.2. The molecule has 4 heteroatoms. The Morgan fingerprint density at radius 3 is 2.79 bits per heavy atom. The van der Waals surface area contributed by atoms with E-state index in [-0.39, 0.29) is 11.9 Å². The van der Waals surface area contributed by atoms with Crippen LogP contribution in [-0.4, -0.2) is 13.0 Å². The summed E-state index contributed by atoms with van der Waals surface area (Å²) in [4.78, 5) is 11.9. The predicted octanol–water partition coefficient (Wildman–Crippen LogP) is 3.09. The van der Waals surface area contributed by atoms with Crippen LogP contribution in [-0.2, 0) is 0 Å². The van der Waals surface area contributed by atoms with Crippen LogP contribution < -0.4 is 10.1 Å². The molecule has 2 aromatic rings. The van der Waals surface area contributed by atoms with Crippen LogP contribution in [0, 0.1) is 6.92 Å². The number of furan rings is 1. The number of benzene rings is 1. The predicted molar refractivity (Wildman–Crippen MR) is 72.3 cm³/mol. The van der Waals surface area contributed by atoms with E-state index in [1.165, 1.54) is 6.26 Å². The zero-order chi connectivity index (χ0) is 13.8. The Morgan fingerprint density at radius 1 is 1.37 bits per heavy atom. The van der Waals surface area contributed by atoms with E-state index in [0.29, 0.717) is 5.76 Å². The fourth-order valence-corrected chi connectivity index (χ4v) is 1.95. The van der Waals surface area contributed by atoms with Gasteiger partial charge in [0, 0.05) is 5.56 Å². The minimum Gasteiger partial charge on any atom is -0.496 e. The summed E-state index contributed by atoms with van der Waals surface area (Å²) in [7, 11) is 1.62. The molecule has 0 radical (unpaired) electrons. The van der Waals surface area contributed by atoms with Crippen molar-refractivity contribution in [3.63, 3.8) is 0 Å². The topological polar surface area (TPSA) is 51.5 Å². The minimum atomic E-state index is -0.235. The molecule has 1 atom stereocenters. The van der Waals surface area contributed by atoms with Gasteiger partial charge in [-0.15, -0.1) is 0 Å². The highest BCUT2D eigenvalue weighted by molar-refractivity contribution is 5.91. The zero-order valence-corrected chi connectivity index (χ0v) is 11.3. The van der Waals surface area contributed by atoms with E-state index in [1.54, 1.807) is 19.2 Å².